The van der Waals surface area contributed by atoms with E-state index in [-0.39, 0.29) is 23.4 Å². The summed E-state index contributed by atoms with van der Waals surface area (Å²) in [6, 6.07) is 12.5. The molecule has 0 radical (unpaired) electrons. The van der Waals surface area contributed by atoms with Gasteiger partial charge in [0.1, 0.15) is 6.54 Å². The number of anilines is 1. The van der Waals surface area contributed by atoms with E-state index in [1.54, 1.807) is 22.9 Å². The normalized spacial score (nSPS) is 10.6. The first-order valence-corrected chi connectivity index (χ1v) is 8.24. The second-order valence-corrected chi connectivity index (χ2v) is 5.89. The molecule has 0 fully saturated rings. The molecule has 3 aromatic rings. The summed E-state index contributed by atoms with van der Waals surface area (Å²) >= 11 is 6.13. The van der Waals surface area contributed by atoms with Gasteiger partial charge >= 0.3 is 0 Å². The molecule has 1 aromatic heterocycles. The number of aromatic nitrogens is 2. The number of carbonyl (C=O) groups is 2. The van der Waals surface area contributed by atoms with E-state index in [1.807, 2.05) is 37.4 Å². The summed E-state index contributed by atoms with van der Waals surface area (Å²) in [5.41, 5.74) is 1.74. The van der Waals surface area contributed by atoms with Gasteiger partial charge in [0.2, 0.25) is 5.91 Å². The van der Waals surface area contributed by atoms with Gasteiger partial charge in [-0.25, -0.2) is 0 Å². The molecular weight excluding hydrogens is 340 g/mol. The van der Waals surface area contributed by atoms with Gasteiger partial charge in [-0.15, -0.1) is 0 Å². The van der Waals surface area contributed by atoms with Gasteiger partial charge in [-0.1, -0.05) is 29.8 Å². The minimum atomic E-state index is -0.242. The van der Waals surface area contributed by atoms with Gasteiger partial charge in [-0.05, 0) is 31.2 Å². The Morgan fingerprint density at radius 1 is 1.20 bits per heavy atom. The van der Waals surface area contributed by atoms with Crippen molar-refractivity contribution in [2.75, 3.05) is 11.9 Å². The molecule has 2 aromatic carbocycles. The number of carbonyl (C=O) groups excluding carboxylic acids is 2. The van der Waals surface area contributed by atoms with Crippen LogP contribution in [-0.4, -0.2) is 28.1 Å². The van der Waals surface area contributed by atoms with Gasteiger partial charge in [-0.3, -0.25) is 14.3 Å². The van der Waals surface area contributed by atoms with Crippen molar-refractivity contribution >= 4 is 40.0 Å². The molecule has 128 valence electrons. The van der Waals surface area contributed by atoms with Crippen molar-refractivity contribution in [3.05, 3.63) is 59.2 Å². The lowest BCUT2D eigenvalue weighted by atomic mass is 10.2. The lowest BCUT2D eigenvalue weighted by molar-refractivity contribution is -0.116. The van der Waals surface area contributed by atoms with E-state index < -0.39 is 0 Å². The average molecular weight is 357 g/mol. The van der Waals surface area contributed by atoms with Crippen LogP contribution in [0.5, 0.6) is 0 Å². The minimum absolute atomic E-state index is 0.0877. The zero-order chi connectivity index (χ0) is 17.8. The number of fused-ring (bicyclic) bond motifs is 1. The van der Waals surface area contributed by atoms with Crippen molar-refractivity contribution in [3.63, 3.8) is 0 Å². The summed E-state index contributed by atoms with van der Waals surface area (Å²) in [5, 5.41) is 11.1. The molecule has 7 heteroatoms. The van der Waals surface area contributed by atoms with E-state index in [9.17, 15) is 9.59 Å². The SMILES string of the molecule is CCNC(=O)c1ccc(NC(=O)Cn2cc3ccccc3n2)cc1Cl. The van der Waals surface area contributed by atoms with Crippen molar-refractivity contribution < 1.29 is 9.59 Å². The van der Waals surface area contributed by atoms with Crippen molar-refractivity contribution in [2.45, 2.75) is 13.5 Å². The molecule has 0 atom stereocenters. The Balaban J connectivity index is 1.68. The zero-order valence-electron chi connectivity index (χ0n) is 13.6. The number of nitrogens with one attached hydrogen (secondary N) is 2. The fourth-order valence-corrected chi connectivity index (χ4v) is 2.74. The molecule has 0 bridgehead atoms. The summed E-state index contributed by atoms with van der Waals surface area (Å²) < 4.78 is 1.59. The Morgan fingerprint density at radius 3 is 2.72 bits per heavy atom. The Hall–Kier alpha value is -2.86. The Bertz CT molecular complexity index is 903. The molecular formula is C18H17ClN4O2. The third-order valence-electron chi connectivity index (χ3n) is 3.60. The van der Waals surface area contributed by atoms with Gasteiger partial charge in [0.05, 0.1) is 16.1 Å². The number of nitrogens with zero attached hydrogens (tertiary/aromatic N) is 2. The predicted molar refractivity (Wildman–Crippen MR) is 97.8 cm³/mol. The fraction of sp³-hybridized carbons (Fsp3) is 0.167. The third-order valence-corrected chi connectivity index (χ3v) is 3.91. The molecule has 0 aliphatic carbocycles. The van der Waals surface area contributed by atoms with Crippen LogP contribution in [-0.2, 0) is 11.3 Å². The van der Waals surface area contributed by atoms with Crippen LogP contribution in [0.15, 0.2) is 48.7 Å². The average Bonchev–Trinajstić information content (AvgIpc) is 2.97. The number of amides is 2. The van der Waals surface area contributed by atoms with Crippen LogP contribution in [0.2, 0.25) is 5.02 Å². The Morgan fingerprint density at radius 2 is 2.00 bits per heavy atom. The molecule has 0 saturated carbocycles. The van der Waals surface area contributed by atoms with Crippen LogP contribution in [0, 0.1) is 0 Å². The van der Waals surface area contributed by atoms with Crippen molar-refractivity contribution in [2.24, 2.45) is 0 Å². The highest BCUT2D eigenvalue weighted by atomic mass is 35.5. The Labute approximate surface area is 149 Å². The van der Waals surface area contributed by atoms with Crippen LogP contribution in [0.3, 0.4) is 0 Å². The van der Waals surface area contributed by atoms with Crippen molar-refractivity contribution in [3.8, 4) is 0 Å². The largest absolute Gasteiger partial charge is 0.352 e. The maximum Gasteiger partial charge on any atom is 0.252 e. The second-order valence-electron chi connectivity index (χ2n) is 5.49. The number of hydrogen-bond donors (Lipinski definition) is 2. The summed E-state index contributed by atoms with van der Waals surface area (Å²) in [6.45, 7) is 2.44. The molecule has 0 aliphatic rings. The van der Waals surface area contributed by atoms with Gasteiger partial charge in [0.15, 0.2) is 0 Å². The zero-order valence-corrected chi connectivity index (χ0v) is 14.4. The standard InChI is InChI=1S/C18H17ClN4O2/c1-2-20-18(25)14-8-7-13(9-15(14)19)21-17(24)11-23-10-12-5-3-4-6-16(12)22-23/h3-10H,2,11H2,1H3,(H,20,25)(H,21,24). The van der Waals surface area contributed by atoms with E-state index in [2.05, 4.69) is 15.7 Å². The number of halogens is 1. The smallest absolute Gasteiger partial charge is 0.252 e. The highest BCUT2D eigenvalue weighted by Gasteiger charge is 2.11. The van der Waals surface area contributed by atoms with Gasteiger partial charge < -0.3 is 10.6 Å². The van der Waals surface area contributed by atoms with E-state index >= 15 is 0 Å². The lowest BCUT2D eigenvalue weighted by Gasteiger charge is -2.09. The summed E-state index contributed by atoms with van der Waals surface area (Å²) in [7, 11) is 0. The summed E-state index contributed by atoms with van der Waals surface area (Å²) in [6.07, 6.45) is 1.82. The molecule has 0 spiro atoms. The van der Waals surface area contributed by atoms with Crippen molar-refractivity contribution in [1.82, 2.24) is 15.1 Å². The Kier molecular flexibility index (Phi) is 5.00. The molecule has 0 unspecified atom stereocenters. The fourth-order valence-electron chi connectivity index (χ4n) is 2.48. The van der Waals surface area contributed by atoms with Crippen LogP contribution in [0.25, 0.3) is 10.9 Å². The first kappa shape index (κ1) is 17.0. The summed E-state index contributed by atoms with van der Waals surface area (Å²) in [5.74, 6) is -0.469. The predicted octanol–water partition coefficient (Wildman–Crippen LogP) is 3.08. The van der Waals surface area contributed by atoms with E-state index in [4.69, 9.17) is 11.6 Å². The molecule has 6 nitrogen and oxygen atoms in total. The molecule has 2 N–H and O–H groups in total. The molecule has 0 saturated heterocycles. The highest BCUT2D eigenvalue weighted by Crippen LogP contribution is 2.21. The minimum Gasteiger partial charge on any atom is -0.352 e. The van der Waals surface area contributed by atoms with Crippen LogP contribution in [0.4, 0.5) is 5.69 Å². The maximum absolute atomic E-state index is 12.2. The first-order valence-electron chi connectivity index (χ1n) is 7.86. The molecule has 2 amide bonds. The van der Waals surface area contributed by atoms with Crippen LogP contribution < -0.4 is 10.6 Å². The quantitative estimate of drug-likeness (QED) is 0.737. The van der Waals surface area contributed by atoms with Crippen LogP contribution in [0.1, 0.15) is 17.3 Å². The maximum atomic E-state index is 12.2. The highest BCUT2D eigenvalue weighted by molar-refractivity contribution is 6.34. The number of rotatable bonds is 5. The van der Waals surface area contributed by atoms with Crippen LogP contribution >= 0.6 is 11.6 Å². The number of benzene rings is 2. The van der Waals surface area contributed by atoms with Crippen molar-refractivity contribution in [1.29, 1.82) is 0 Å². The summed E-state index contributed by atoms with van der Waals surface area (Å²) in [4.78, 5) is 24.0. The van der Waals surface area contributed by atoms with Gasteiger partial charge in [-0.2, -0.15) is 5.10 Å². The topological polar surface area (TPSA) is 76.0 Å². The lowest BCUT2D eigenvalue weighted by Crippen LogP contribution is -2.23. The first-order chi connectivity index (χ1) is 12.1. The molecule has 0 aliphatic heterocycles. The number of hydrogen-bond acceptors (Lipinski definition) is 3. The molecule has 3 rings (SSSR count). The van der Waals surface area contributed by atoms with Gasteiger partial charge in [0, 0.05) is 23.8 Å². The molecule has 25 heavy (non-hydrogen) atoms. The monoisotopic (exact) mass is 356 g/mol. The third kappa shape index (κ3) is 3.97. The van der Waals surface area contributed by atoms with E-state index in [1.165, 1.54) is 0 Å². The van der Waals surface area contributed by atoms with E-state index in [0.29, 0.717) is 17.8 Å². The van der Waals surface area contributed by atoms with E-state index in [0.717, 1.165) is 10.9 Å². The van der Waals surface area contributed by atoms with Gasteiger partial charge in [0.25, 0.3) is 5.91 Å². The molecule has 1 heterocycles. The second kappa shape index (κ2) is 7.36.